The first kappa shape index (κ1) is 18.7. The van der Waals surface area contributed by atoms with Gasteiger partial charge in [0.05, 0.1) is 6.10 Å². The Morgan fingerprint density at radius 1 is 1.04 bits per heavy atom. The van der Waals surface area contributed by atoms with Gasteiger partial charge in [0.15, 0.2) is 0 Å². The number of hydrogen-bond donors (Lipinski definition) is 2. The molecule has 3 atom stereocenters. The molecule has 1 unspecified atom stereocenters. The van der Waals surface area contributed by atoms with E-state index in [9.17, 15) is 9.90 Å². The Morgan fingerprint density at radius 2 is 1.65 bits per heavy atom. The molecule has 0 radical (unpaired) electrons. The lowest BCUT2D eigenvalue weighted by atomic mass is 9.93. The highest BCUT2D eigenvalue weighted by Crippen LogP contribution is 2.52. The van der Waals surface area contributed by atoms with Crippen LogP contribution in [0.3, 0.4) is 0 Å². The van der Waals surface area contributed by atoms with Crippen molar-refractivity contribution < 1.29 is 9.90 Å². The first-order valence-corrected chi connectivity index (χ1v) is 10.9. The van der Waals surface area contributed by atoms with Gasteiger partial charge in [0.2, 0.25) is 5.91 Å². The van der Waals surface area contributed by atoms with Gasteiger partial charge in [-0.15, -0.1) is 0 Å². The van der Waals surface area contributed by atoms with Crippen LogP contribution in [0.4, 0.5) is 0 Å². The Labute approximate surface area is 158 Å². The van der Waals surface area contributed by atoms with Gasteiger partial charge in [-0.1, -0.05) is 6.42 Å². The average Bonchev–Trinajstić information content (AvgIpc) is 3.14. The van der Waals surface area contributed by atoms with E-state index in [4.69, 9.17) is 0 Å². The number of fused-ring (bicyclic) bond motifs is 1. The molecule has 2 saturated heterocycles. The van der Waals surface area contributed by atoms with E-state index in [1.165, 1.54) is 32.4 Å². The van der Waals surface area contributed by atoms with E-state index >= 15 is 0 Å². The summed E-state index contributed by atoms with van der Waals surface area (Å²) in [6.45, 7) is 10.6. The summed E-state index contributed by atoms with van der Waals surface area (Å²) < 4.78 is 0. The number of amides is 1. The SMILES string of the molecule is CC(C)(CN1C[C@@H]2C(C(=O)NC3CCC(O)CC3)[C@@H]2C1)N1CCCCC1. The highest BCUT2D eigenvalue weighted by atomic mass is 16.3. The minimum atomic E-state index is -0.153. The molecular weight excluding hydrogens is 326 g/mol. The second-order valence-corrected chi connectivity index (χ2v) is 9.92. The molecule has 4 rings (SSSR count). The molecule has 4 fully saturated rings. The molecule has 5 nitrogen and oxygen atoms in total. The normalized spacial score (nSPS) is 38.8. The molecule has 2 saturated carbocycles. The first-order chi connectivity index (χ1) is 12.4. The summed E-state index contributed by atoms with van der Waals surface area (Å²) in [4.78, 5) is 17.9. The van der Waals surface area contributed by atoms with Crippen LogP contribution < -0.4 is 5.32 Å². The van der Waals surface area contributed by atoms with Crippen LogP contribution in [0.25, 0.3) is 0 Å². The Kier molecular flexibility index (Phi) is 5.32. The number of aliphatic hydroxyl groups is 1. The maximum atomic E-state index is 12.6. The van der Waals surface area contributed by atoms with Gasteiger partial charge in [-0.05, 0) is 77.3 Å². The molecule has 0 bridgehead atoms. The summed E-state index contributed by atoms with van der Waals surface area (Å²) in [5, 5.41) is 12.9. The zero-order chi connectivity index (χ0) is 18.3. The van der Waals surface area contributed by atoms with Gasteiger partial charge in [0.25, 0.3) is 0 Å². The average molecular weight is 364 g/mol. The fraction of sp³-hybridized carbons (Fsp3) is 0.952. The van der Waals surface area contributed by atoms with Crippen molar-refractivity contribution in [3.8, 4) is 0 Å². The van der Waals surface area contributed by atoms with Crippen molar-refractivity contribution in [3.05, 3.63) is 0 Å². The van der Waals surface area contributed by atoms with E-state index in [0.29, 0.717) is 17.9 Å². The highest BCUT2D eigenvalue weighted by Gasteiger charge is 2.59. The third-order valence-corrected chi connectivity index (χ3v) is 7.44. The van der Waals surface area contributed by atoms with Crippen LogP contribution in [-0.2, 0) is 4.79 Å². The molecule has 0 aromatic carbocycles. The summed E-state index contributed by atoms with van der Waals surface area (Å²) in [5.41, 5.74) is 0.248. The van der Waals surface area contributed by atoms with Crippen LogP contribution in [0.5, 0.6) is 0 Å². The second kappa shape index (κ2) is 7.40. The Bertz CT molecular complexity index is 497. The number of nitrogens with zero attached hydrogens (tertiary/aromatic N) is 2. The van der Waals surface area contributed by atoms with E-state index in [0.717, 1.165) is 45.3 Å². The lowest BCUT2D eigenvalue weighted by molar-refractivity contribution is -0.124. The van der Waals surface area contributed by atoms with Gasteiger partial charge in [-0.3, -0.25) is 9.69 Å². The Hall–Kier alpha value is -0.650. The highest BCUT2D eigenvalue weighted by molar-refractivity contribution is 5.82. The van der Waals surface area contributed by atoms with Gasteiger partial charge in [-0.2, -0.15) is 0 Å². The van der Waals surface area contributed by atoms with Crippen molar-refractivity contribution >= 4 is 5.91 Å². The topological polar surface area (TPSA) is 55.8 Å². The Morgan fingerprint density at radius 3 is 2.27 bits per heavy atom. The van der Waals surface area contributed by atoms with Crippen molar-refractivity contribution in [3.63, 3.8) is 0 Å². The number of aliphatic hydroxyl groups excluding tert-OH is 1. The van der Waals surface area contributed by atoms with Gasteiger partial charge in [0.1, 0.15) is 0 Å². The fourth-order valence-corrected chi connectivity index (χ4v) is 5.80. The molecule has 2 aliphatic heterocycles. The van der Waals surface area contributed by atoms with E-state index < -0.39 is 0 Å². The van der Waals surface area contributed by atoms with E-state index in [-0.39, 0.29) is 23.5 Å². The molecule has 2 aliphatic carbocycles. The Balaban J connectivity index is 1.21. The van der Waals surface area contributed by atoms with Crippen LogP contribution >= 0.6 is 0 Å². The molecule has 2 N–H and O–H groups in total. The summed E-state index contributed by atoms with van der Waals surface area (Å²) in [6.07, 6.45) is 7.46. The van der Waals surface area contributed by atoms with Crippen LogP contribution in [0.1, 0.15) is 58.8 Å². The zero-order valence-electron chi connectivity index (χ0n) is 16.6. The summed E-state index contributed by atoms with van der Waals surface area (Å²) in [5.74, 6) is 1.72. The lowest BCUT2D eigenvalue weighted by Gasteiger charge is -2.43. The molecule has 0 aromatic rings. The van der Waals surface area contributed by atoms with Crippen LogP contribution in [0, 0.1) is 17.8 Å². The zero-order valence-corrected chi connectivity index (χ0v) is 16.6. The van der Waals surface area contributed by atoms with Crippen molar-refractivity contribution in [2.24, 2.45) is 17.8 Å². The van der Waals surface area contributed by atoms with E-state index in [2.05, 4.69) is 29.0 Å². The number of hydrogen-bond acceptors (Lipinski definition) is 4. The predicted octanol–water partition coefficient (Wildman–Crippen LogP) is 1.85. The lowest BCUT2D eigenvalue weighted by Crippen LogP contribution is -2.53. The van der Waals surface area contributed by atoms with Gasteiger partial charge in [-0.25, -0.2) is 0 Å². The second-order valence-electron chi connectivity index (χ2n) is 9.92. The van der Waals surface area contributed by atoms with Crippen molar-refractivity contribution in [1.82, 2.24) is 15.1 Å². The third-order valence-electron chi connectivity index (χ3n) is 7.44. The number of nitrogens with one attached hydrogen (secondary N) is 1. The summed E-state index contributed by atoms with van der Waals surface area (Å²) in [6, 6.07) is 0.293. The van der Waals surface area contributed by atoms with E-state index in [1.807, 2.05) is 0 Å². The van der Waals surface area contributed by atoms with Gasteiger partial charge >= 0.3 is 0 Å². The summed E-state index contributed by atoms with van der Waals surface area (Å²) >= 11 is 0. The minimum absolute atomic E-state index is 0.153. The number of piperidine rings is 2. The largest absolute Gasteiger partial charge is 0.393 e. The molecule has 5 heteroatoms. The molecule has 2 heterocycles. The molecular formula is C21H37N3O2. The molecule has 148 valence electrons. The predicted molar refractivity (Wildman–Crippen MR) is 103 cm³/mol. The number of rotatable bonds is 5. The first-order valence-electron chi connectivity index (χ1n) is 10.9. The van der Waals surface area contributed by atoms with Crippen LogP contribution in [0.2, 0.25) is 0 Å². The standard InChI is InChI=1S/C21H37N3O2/c1-21(2,24-10-4-3-5-11-24)14-23-12-17-18(13-23)19(17)20(26)22-15-6-8-16(25)9-7-15/h15-19,25H,3-14H2,1-2H3,(H,22,26)/t15?,16?,17-,18+,19?. The quantitative estimate of drug-likeness (QED) is 0.783. The molecule has 26 heavy (non-hydrogen) atoms. The maximum absolute atomic E-state index is 12.6. The number of carbonyl (C=O) groups excluding carboxylic acids is 1. The van der Waals surface area contributed by atoms with Crippen molar-refractivity contribution in [1.29, 1.82) is 0 Å². The maximum Gasteiger partial charge on any atom is 0.224 e. The van der Waals surface area contributed by atoms with Crippen LogP contribution in [-0.4, -0.2) is 71.2 Å². The van der Waals surface area contributed by atoms with Gasteiger partial charge in [0, 0.05) is 37.1 Å². The minimum Gasteiger partial charge on any atom is -0.393 e. The van der Waals surface area contributed by atoms with Crippen molar-refractivity contribution in [2.45, 2.75) is 76.5 Å². The fourth-order valence-electron chi connectivity index (χ4n) is 5.80. The summed E-state index contributed by atoms with van der Waals surface area (Å²) in [7, 11) is 0. The molecule has 0 spiro atoms. The third kappa shape index (κ3) is 3.95. The molecule has 1 amide bonds. The van der Waals surface area contributed by atoms with Crippen molar-refractivity contribution in [2.75, 3.05) is 32.7 Å². The number of carbonyl (C=O) groups is 1. The van der Waals surface area contributed by atoms with E-state index in [1.54, 1.807) is 0 Å². The molecule has 4 aliphatic rings. The molecule has 0 aromatic heterocycles. The van der Waals surface area contributed by atoms with Crippen LogP contribution in [0.15, 0.2) is 0 Å². The monoisotopic (exact) mass is 363 g/mol. The van der Waals surface area contributed by atoms with Gasteiger partial charge < -0.3 is 15.3 Å². The smallest absolute Gasteiger partial charge is 0.224 e. The number of likely N-dealkylation sites (tertiary alicyclic amines) is 2.